The Morgan fingerprint density at radius 2 is 1.77 bits per heavy atom. The maximum atomic E-state index is 12.7. The van der Waals surface area contributed by atoms with E-state index in [4.69, 9.17) is 4.42 Å². The Kier molecular flexibility index (Phi) is 4.37. The molecule has 6 nitrogen and oxygen atoms in total. The maximum absolute atomic E-state index is 12.7. The molecule has 0 spiro atoms. The summed E-state index contributed by atoms with van der Waals surface area (Å²) in [5, 5.41) is 4.35. The second-order valence-corrected chi connectivity index (χ2v) is 7.76. The van der Waals surface area contributed by atoms with Crippen molar-refractivity contribution in [3.8, 4) is 22.7 Å². The monoisotopic (exact) mass is 413 g/mol. The van der Waals surface area contributed by atoms with Crippen LogP contribution in [-0.4, -0.2) is 20.4 Å². The molecule has 0 unspecified atom stereocenters. The van der Waals surface area contributed by atoms with Gasteiger partial charge in [-0.3, -0.25) is 9.59 Å². The summed E-state index contributed by atoms with van der Waals surface area (Å²) < 4.78 is 7.69. The van der Waals surface area contributed by atoms with Crippen LogP contribution in [0.3, 0.4) is 0 Å². The van der Waals surface area contributed by atoms with E-state index in [0.717, 1.165) is 11.1 Å². The van der Waals surface area contributed by atoms with Crippen LogP contribution in [-0.2, 0) is 0 Å². The highest BCUT2D eigenvalue weighted by molar-refractivity contribution is 7.15. The van der Waals surface area contributed by atoms with E-state index in [1.54, 1.807) is 24.3 Å². The molecule has 0 aliphatic rings. The molecule has 3 aromatic heterocycles. The molecule has 0 amide bonds. The van der Waals surface area contributed by atoms with Crippen molar-refractivity contribution in [2.75, 3.05) is 0 Å². The molecule has 0 aliphatic carbocycles. The van der Waals surface area contributed by atoms with Crippen LogP contribution in [0.5, 0.6) is 0 Å². The third kappa shape index (κ3) is 3.25. The van der Waals surface area contributed by atoms with Gasteiger partial charge in [-0.2, -0.15) is 9.50 Å². The van der Waals surface area contributed by atoms with Gasteiger partial charge in [0.15, 0.2) is 11.6 Å². The fourth-order valence-corrected chi connectivity index (χ4v) is 4.02. The second-order valence-electron chi connectivity index (χ2n) is 6.75. The third-order valence-corrected chi connectivity index (χ3v) is 5.65. The number of fused-ring (bicyclic) bond motifs is 1. The van der Waals surface area contributed by atoms with E-state index in [2.05, 4.69) is 10.1 Å². The first-order valence-corrected chi connectivity index (χ1v) is 10.1. The molecule has 0 saturated carbocycles. The lowest BCUT2D eigenvalue weighted by Crippen LogP contribution is -2.23. The summed E-state index contributed by atoms with van der Waals surface area (Å²) in [6, 6.07) is 20.4. The number of rotatable bonds is 4. The number of carbonyl (C=O) groups excluding carboxylic acids is 1. The molecule has 5 rings (SSSR count). The van der Waals surface area contributed by atoms with Crippen LogP contribution >= 0.6 is 11.3 Å². The number of nitrogens with zero attached hydrogens (tertiary/aromatic N) is 3. The number of Topliss-reactive ketones (excluding diaryl/α,β-unsaturated/α-hetero) is 1. The lowest BCUT2D eigenvalue weighted by atomic mass is 10.1. The van der Waals surface area contributed by atoms with E-state index in [1.807, 2.05) is 48.5 Å². The van der Waals surface area contributed by atoms with E-state index < -0.39 is 0 Å². The zero-order valence-electron chi connectivity index (χ0n) is 15.9. The van der Waals surface area contributed by atoms with Crippen molar-refractivity contribution in [1.82, 2.24) is 14.6 Å². The van der Waals surface area contributed by atoms with Crippen molar-refractivity contribution < 1.29 is 9.21 Å². The average molecular weight is 413 g/mol. The lowest BCUT2D eigenvalue weighted by molar-refractivity contribution is 0.101. The van der Waals surface area contributed by atoms with Crippen molar-refractivity contribution in [2.24, 2.45) is 0 Å². The highest BCUT2D eigenvalue weighted by atomic mass is 32.1. The van der Waals surface area contributed by atoms with Gasteiger partial charge in [-0.1, -0.05) is 65.9 Å². The molecule has 3 heterocycles. The normalized spacial score (nSPS) is 12.0. The standard InChI is InChI=1S/C23H15N3O3S/c1-14(27)15-7-9-16(10-8-15)19-12-11-18(29-19)13-20-22(28)26-23(30-20)24-21(25-26)17-5-3-2-4-6-17/h2-13H,1H3. The smallest absolute Gasteiger partial charge is 0.291 e. The minimum atomic E-state index is -0.228. The van der Waals surface area contributed by atoms with E-state index in [-0.39, 0.29) is 11.3 Å². The summed E-state index contributed by atoms with van der Waals surface area (Å²) in [5.74, 6) is 1.77. The summed E-state index contributed by atoms with van der Waals surface area (Å²) in [7, 11) is 0. The molecule has 0 atom stereocenters. The molecule has 0 aliphatic heterocycles. The van der Waals surface area contributed by atoms with Crippen LogP contribution < -0.4 is 10.1 Å². The maximum Gasteiger partial charge on any atom is 0.291 e. The van der Waals surface area contributed by atoms with Crippen molar-refractivity contribution in [2.45, 2.75) is 6.92 Å². The first kappa shape index (κ1) is 18.2. The Morgan fingerprint density at radius 1 is 1.00 bits per heavy atom. The van der Waals surface area contributed by atoms with Crippen LogP contribution in [0, 0.1) is 0 Å². The lowest BCUT2D eigenvalue weighted by Gasteiger charge is -1.98. The summed E-state index contributed by atoms with van der Waals surface area (Å²) >= 11 is 1.27. The number of aromatic nitrogens is 3. The molecule has 0 N–H and O–H groups in total. The summed E-state index contributed by atoms with van der Waals surface area (Å²) in [4.78, 5) is 29.2. The Labute approximate surface area is 174 Å². The van der Waals surface area contributed by atoms with Crippen LogP contribution in [0.4, 0.5) is 0 Å². The van der Waals surface area contributed by atoms with Gasteiger partial charge >= 0.3 is 0 Å². The van der Waals surface area contributed by atoms with Gasteiger partial charge in [0.1, 0.15) is 16.1 Å². The Morgan fingerprint density at radius 3 is 2.47 bits per heavy atom. The van der Waals surface area contributed by atoms with Gasteiger partial charge in [-0.15, -0.1) is 5.10 Å². The van der Waals surface area contributed by atoms with Gasteiger partial charge in [0.05, 0.1) is 0 Å². The number of thiazole rings is 1. The van der Waals surface area contributed by atoms with E-state index in [0.29, 0.717) is 32.4 Å². The molecule has 2 aromatic carbocycles. The number of furan rings is 1. The Bertz CT molecular complexity index is 1480. The number of benzene rings is 2. The van der Waals surface area contributed by atoms with Crippen LogP contribution in [0.15, 0.2) is 75.9 Å². The molecule has 0 bridgehead atoms. The highest BCUT2D eigenvalue weighted by Gasteiger charge is 2.12. The summed E-state index contributed by atoms with van der Waals surface area (Å²) in [5.41, 5.74) is 2.15. The van der Waals surface area contributed by atoms with E-state index >= 15 is 0 Å². The molecule has 7 heteroatoms. The van der Waals surface area contributed by atoms with E-state index in [9.17, 15) is 9.59 Å². The molecule has 0 fully saturated rings. The number of ketones is 1. The first-order valence-electron chi connectivity index (χ1n) is 9.26. The van der Waals surface area contributed by atoms with Crippen molar-refractivity contribution in [3.63, 3.8) is 0 Å². The molecule has 0 saturated heterocycles. The molecule has 30 heavy (non-hydrogen) atoms. The minimum absolute atomic E-state index is 0.0183. The van der Waals surface area contributed by atoms with Crippen molar-refractivity contribution in [1.29, 1.82) is 0 Å². The Hall–Kier alpha value is -3.84. The van der Waals surface area contributed by atoms with Gasteiger partial charge in [0, 0.05) is 22.8 Å². The molecule has 0 radical (unpaired) electrons. The van der Waals surface area contributed by atoms with E-state index in [1.165, 1.54) is 22.8 Å². The van der Waals surface area contributed by atoms with Gasteiger partial charge < -0.3 is 4.42 Å². The van der Waals surface area contributed by atoms with Crippen LogP contribution in [0.25, 0.3) is 33.7 Å². The average Bonchev–Trinajstić information content (AvgIpc) is 3.47. The van der Waals surface area contributed by atoms with Gasteiger partial charge in [0.25, 0.3) is 5.56 Å². The predicted octanol–water partition coefficient (Wildman–Crippen LogP) is 3.83. The van der Waals surface area contributed by atoms with Gasteiger partial charge in [-0.25, -0.2) is 0 Å². The fraction of sp³-hybridized carbons (Fsp3) is 0.0435. The number of hydrogen-bond acceptors (Lipinski definition) is 6. The molecular formula is C23H15N3O3S. The number of carbonyl (C=O) groups is 1. The van der Waals surface area contributed by atoms with Crippen LogP contribution in [0.1, 0.15) is 23.0 Å². The van der Waals surface area contributed by atoms with Crippen molar-refractivity contribution >= 4 is 28.2 Å². The topological polar surface area (TPSA) is 77.5 Å². The highest BCUT2D eigenvalue weighted by Crippen LogP contribution is 2.23. The molecular weight excluding hydrogens is 398 g/mol. The van der Waals surface area contributed by atoms with Gasteiger partial charge in [0.2, 0.25) is 4.96 Å². The summed E-state index contributed by atoms with van der Waals surface area (Å²) in [6.45, 7) is 1.53. The number of hydrogen-bond donors (Lipinski definition) is 0. The third-order valence-electron chi connectivity index (χ3n) is 4.69. The zero-order chi connectivity index (χ0) is 20.7. The Balaban J connectivity index is 1.48. The second kappa shape index (κ2) is 7.20. The quantitative estimate of drug-likeness (QED) is 0.419. The first-order chi connectivity index (χ1) is 14.6. The molecule has 5 aromatic rings. The largest absolute Gasteiger partial charge is 0.457 e. The zero-order valence-corrected chi connectivity index (χ0v) is 16.7. The minimum Gasteiger partial charge on any atom is -0.457 e. The predicted molar refractivity (Wildman–Crippen MR) is 116 cm³/mol. The fourth-order valence-electron chi connectivity index (χ4n) is 3.13. The van der Waals surface area contributed by atoms with Crippen LogP contribution in [0.2, 0.25) is 0 Å². The van der Waals surface area contributed by atoms with Crippen molar-refractivity contribution in [3.05, 3.63) is 92.9 Å². The summed E-state index contributed by atoms with van der Waals surface area (Å²) in [6.07, 6.45) is 1.69. The van der Waals surface area contributed by atoms with Gasteiger partial charge in [-0.05, 0) is 19.1 Å². The molecule has 146 valence electrons. The SMILES string of the molecule is CC(=O)c1ccc(-c2ccc(C=c3sc4nc(-c5ccccc5)nn4c3=O)o2)cc1.